The molecule has 3 heterocycles. The zero-order chi connectivity index (χ0) is 17.5. The fourth-order valence-electron chi connectivity index (χ4n) is 3.14. The van der Waals surface area contributed by atoms with Crippen molar-refractivity contribution in [2.45, 2.75) is 6.42 Å². The van der Waals surface area contributed by atoms with Crippen LogP contribution in [0.15, 0.2) is 65.6 Å². The lowest BCUT2D eigenvalue weighted by atomic mass is 10.1. The number of H-pyrrole nitrogens is 2. The second kappa shape index (κ2) is 5.66. The van der Waals surface area contributed by atoms with Gasteiger partial charge in [-0.3, -0.25) is 9.89 Å². The number of hydrogen-bond acceptors (Lipinski definition) is 4. The van der Waals surface area contributed by atoms with Crippen LogP contribution in [0.3, 0.4) is 0 Å². The summed E-state index contributed by atoms with van der Waals surface area (Å²) in [5, 5.41) is 14.9. The van der Waals surface area contributed by atoms with Gasteiger partial charge in [-0.05, 0) is 17.7 Å². The van der Waals surface area contributed by atoms with Gasteiger partial charge in [-0.2, -0.15) is 9.61 Å². The number of aromatic amines is 2. The van der Waals surface area contributed by atoms with Crippen LogP contribution in [0.1, 0.15) is 11.1 Å². The molecule has 0 amide bonds. The summed E-state index contributed by atoms with van der Waals surface area (Å²) in [5.41, 5.74) is 5.87. The molecule has 0 unspecified atom stereocenters. The Morgan fingerprint density at radius 2 is 1.92 bits per heavy atom. The molecule has 0 spiro atoms. The van der Waals surface area contributed by atoms with E-state index in [0.29, 0.717) is 12.1 Å². The highest BCUT2D eigenvalue weighted by molar-refractivity contribution is 5.80. The van der Waals surface area contributed by atoms with Crippen molar-refractivity contribution >= 4 is 16.7 Å². The maximum Gasteiger partial charge on any atom is 0.274 e. The van der Waals surface area contributed by atoms with Gasteiger partial charge in [0.25, 0.3) is 5.56 Å². The van der Waals surface area contributed by atoms with Crippen molar-refractivity contribution in [3.05, 3.63) is 82.3 Å². The molecule has 2 N–H and O–H groups in total. The molecule has 7 heteroatoms. The molecule has 0 fully saturated rings. The van der Waals surface area contributed by atoms with Gasteiger partial charge in [0.15, 0.2) is 0 Å². The fraction of sp³-hybridized carbons (Fsp3) is 0.0526. The Bertz CT molecular complexity index is 1280. The highest BCUT2D eigenvalue weighted by Gasteiger charge is 2.11. The maximum absolute atomic E-state index is 12.5. The van der Waals surface area contributed by atoms with Crippen molar-refractivity contribution < 1.29 is 0 Å². The van der Waals surface area contributed by atoms with Crippen LogP contribution >= 0.6 is 0 Å². The van der Waals surface area contributed by atoms with Crippen molar-refractivity contribution in [1.29, 1.82) is 0 Å². The molecule has 0 saturated carbocycles. The summed E-state index contributed by atoms with van der Waals surface area (Å²) in [6.07, 6.45) is 2.44. The maximum atomic E-state index is 12.5. The van der Waals surface area contributed by atoms with Gasteiger partial charge in [0, 0.05) is 23.6 Å². The van der Waals surface area contributed by atoms with E-state index in [2.05, 4.69) is 37.6 Å². The minimum atomic E-state index is -0.173. The van der Waals surface area contributed by atoms with Gasteiger partial charge >= 0.3 is 0 Å². The van der Waals surface area contributed by atoms with E-state index in [1.165, 1.54) is 4.52 Å². The number of aromatic nitrogens is 6. The molecular weight excluding hydrogens is 328 g/mol. The summed E-state index contributed by atoms with van der Waals surface area (Å²) in [7, 11) is 0. The van der Waals surface area contributed by atoms with Gasteiger partial charge in [-0.15, -0.1) is 5.10 Å². The van der Waals surface area contributed by atoms with Crippen LogP contribution in [-0.4, -0.2) is 30.0 Å². The smallest absolute Gasteiger partial charge is 0.274 e. The second-order valence-corrected chi connectivity index (χ2v) is 6.16. The Hall–Kier alpha value is -3.74. The molecule has 126 valence electrons. The summed E-state index contributed by atoms with van der Waals surface area (Å²) in [6.45, 7) is 0. The Morgan fingerprint density at radius 1 is 1.04 bits per heavy atom. The summed E-state index contributed by atoms with van der Waals surface area (Å²) in [4.78, 5) is 15.9. The third-order valence-corrected chi connectivity index (χ3v) is 4.45. The largest absolute Gasteiger partial charge is 0.339 e. The summed E-state index contributed by atoms with van der Waals surface area (Å²) < 4.78 is 1.40. The lowest BCUT2D eigenvalue weighted by Crippen LogP contribution is -2.14. The third-order valence-electron chi connectivity index (χ3n) is 4.45. The van der Waals surface area contributed by atoms with Crippen LogP contribution in [0.4, 0.5) is 0 Å². The van der Waals surface area contributed by atoms with Crippen LogP contribution in [-0.2, 0) is 6.42 Å². The van der Waals surface area contributed by atoms with Gasteiger partial charge < -0.3 is 4.98 Å². The molecule has 0 aliphatic heterocycles. The van der Waals surface area contributed by atoms with Gasteiger partial charge in [-0.1, -0.05) is 41.6 Å². The predicted molar refractivity (Wildman–Crippen MR) is 97.9 cm³/mol. The monoisotopic (exact) mass is 342 g/mol. The SMILES string of the molecule is O=c1cc(-c2ccc3[nH]nnc3c2)[nH]c2c(Cc3ccccc3)cnn12. The first-order valence-electron chi connectivity index (χ1n) is 8.23. The van der Waals surface area contributed by atoms with Crippen LogP contribution in [0.25, 0.3) is 27.9 Å². The molecule has 0 saturated heterocycles. The van der Waals surface area contributed by atoms with E-state index < -0.39 is 0 Å². The topological polar surface area (TPSA) is 91.7 Å². The molecule has 5 rings (SSSR count). The number of fused-ring (bicyclic) bond motifs is 2. The van der Waals surface area contributed by atoms with Gasteiger partial charge in [0.1, 0.15) is 11.2 Å². The van der Waals surface area contributed by atoms with Crippen molar-refractivity contribution in [2.24, 2.45) is 0 Å². The molecule has 0 aliphatic rings. The molecule has 0 radical (unpaired) electrons. The molecule has 5 aromatic rings. The number of nitrogens with one attached hydrogen (secondary N) is 2. The Labute approximate surface area is 147 Å². The number of rotatable bonds is 3. The van der Waals surface area contributed by atoms with Crippen molar-refractivity contribution in [1.82, 2.24) is 30.0 Å². The summed E-state index contributed by atoms with van der Waals surface area (Å²) in [6, 6.07) is 17.4. The molecule has 0 aliphatic carbocycles. The first-order chi connectivity index (χ1) is 12.8. The number of nitrogens with zero attached hydrogens (tertiary/aromatic N) is 4. The Balaban J connectivity index is 1.65. The molecule has 0 bridgehead atoms. The van der Waals surface area contributed by atoms with Crippen LogP contribution in [0.5, 0.6) is 0 Å². The van der Waals surface area contributed by atoms with Crippen LogP contribution < -0.4 is 5.56 Å². The van der Waals surface area contributed by atoms with E-state index in [1.807, 2.05) is 36.4 Å². The zero-order valence-electron chi connectivity index (χ0n) is 13.7. The minimum Gasteiger partial charge on any atom is -0.339 e. The minimum absolute atomic E-state index is 0.173. The predicted octanol–water partition coefficient (Wildman–Crippen LogP) is 2.55. The normalized spacial score (nSPS) is 11.4. The average molecular weight is 342 g/mol. The summed E-state index contributed by atoms with van der Waals surface area (Å²) in [5.74, 6) is 0. The Morgan fingerprint density at radius 3 is 2.81 bits per heavy atom. The third kappa shape index (κ3) is 2.37. The van der Waals surface area contributed by atoms with Crippen LogP contribution in [0, 0.1) is 0 Å². The van der Waals surface area contributed by atoms with Gasteiger partial charge in [-0.25, -0.2) is 0 Å². The average Bonchev–Trinajstić information content (AvgIpc) is 3.29. The van der Waals surface area contributed by atoms with Crippen molar-refractivity contribution in [3.63, 3.8) is 0 Å². The van der Waals surface area contributed by atoms with E-state index in [9.17, 15) is 4.79 Å². The molecular formula is C19H14N6O. The molecule has 0 atom stereocenters. The second-order valence-electron chi connectivity index (χ2n) is 6.16. The number of hydrogen-bond donors (Lipinski definition) is 2. The van der Waals surface area contributed by atoms with Gasteiger partial charge in [0.2, 0.25) is 0 Å². The quantitative estimate of drug-likeness (QED) is 0.527. The standard InChI is InChI=1S/C19H14N6O/c26-18-10-16(13-6-7-15-17(9-13)23-24-22-15)21-19-14(11-20-25(18)19)8-12-4-2-1-3-5-12/h1-7,9-11,21H,8H2,(H,22,23,24). The van der Waals surface area contributed by atoms with Crippen molar-refractivity contribution in [3.8, 4) is 11.3 Å². The lowest BCUT2D eigenvalue weighted by Gasteiger charge is -2.05. The first-order valence-corrected chi connectivity index (χ1v) is 8.23. The Kier molecular flexibility index (Phi) is 3.18. The molecule has 7 nitrogen and oxygen atoms in total. The van der Waals surface area contributed by atoms with E-state index in [-0.39, 0.29) is 5.56 Å². The number of benzene rings is 2. The fourth-order valence-corrected chi connectivity index (χ4v) is 3.14. The van der Waals surface area contributed by atoms with E-state index in [4.69, 9.17) is 0 Å². The lowest BCUT2D eigenvalue weighted by molar-refractivity contribution is 0.901. The highest BCUT2D eigenvalue weighted by Crippen LogP contribution is 2.21. The molecule has 2 aromatic carbocycles. The highest BCUT2D eigenvalue weighted by atomic mass is 16.1. The first kappa shape index (κ1) is 14.6. The molecule has 3 aromatic heterocycles. The van der Waals surface area contributed by atoms with Gasteiger partial charge in [0.05, 0.1) is 17.4 Å². The van der Waals surface area contributed by atoms with E-state index >= 15 is 0 Å². The van der Waals surface area contributed by atoms with Crippen LogP contribution in [0.2, 0.25) is 0 Å². The van der Waals surface area contributed by atoms with Crippen molar-refractivity contribution in [2.75, 3.05) is 0 Å². The van der Waals surface area contributed by atoms with E-state index in [0.717, 1.165) is 33.4 Å². The van der Waals surface area contributed by atoms with E-state index in [1.54, 1.807) is 12.3 Å². The zero-order valence-corrected chi connectivity index (χ0v) is 13.7. The summed E-state index contributed by atoms with van der Waals surface area (Å²) >= 11 is 0. The molecule has 26 heavy (non-hydrogen) atoms.